The van der Waals surface area contributed by atoms with Crippen molar-refractivity contribution in [3.8, 4) is 0 Å². The van der Waals surface area contributed by atoms with Crippen LogP contribution in [0.4, 0.5) is 0 Å². The molecule has 1 atom stereocenters. The first-order chi connectivity index (χ1) is 13.9. The number of nitrogens with two attached hydrogens (primary N) is 1. The number of carbonyl (C=O) groups excluding carboxylic acids is 4. The highest BCUT2D eigenvalue weighted by Gasteiger charge is 2.50. The van der Waals surface area contributed by atoms with Crippen LogP contribution in [0, 0.1) is 0 Å². The highest BCUT2D eigenvalue weighted by molar-refractivity contribution is 6.23. The molecule has 4 amide bonds. The number of hydrogen-bond acceptors (Lipinski definition) is 6. The minimum Gasteiger partial charge on any atom is -0.329 e. The summed E-state index contributed by atoms with van der Waals surface area (Å²) in [7, 11) is 0. The van der Waals surface area contributed by atoms with Crippen LogP contribution >= 0.6 is 0 Å². The molecule has 29 heavy (non-hydrogen) atoms. The van der Waals surface area contributed by atoms with Crippen molar-refractivity contribution in [3.05, 3.63) is 34.9 Å². The van der Waals surface area contributed by atoms with Gasteiger partial charge in [-0.3, -0.25) is 34.3 Å². The highest BCUT2D eigenvalue weighted by atomic mass is 16.2. The van der Waals surface area contributed by atoms with Gasteiger partial charge in [0.2, 0.25) is 11.8 Å². The molecule has 4 heterocycles. The molecule has 4 aliphatic heterocycles. The van der Waals surface area contributed by atoms with Crippen LogP contribution < -0.4 is 11.1 Å². The number of nitrogens with zero attached hydrogens (tertiary/aromatic N) is 2. The molecule has 3 fully saturated rings. The minimum atomic E-state index is -0.932. The Bertz CT molecular complexity index is 935. The first kappa shape index (κ1) is 18.4. The lowest BCUT2D eigenvalue weighted by Gasteiger charge is -2.34. The lowest BCUT2D eigenvalue weighted by molar-refractivity contribution is -0.136. The van der Waals surface area contributed by atoms with Gasteiger partial charge in [-0.15, -0.1) is 0 Å². The number of nitrogens with one attached hydrogen (secondary N) is 1. The van der Waals surface area contributed by atoms with E-state index >= 15 is 0 Å². The second-order valence-corrected chi connectivity index (χ2v) is 8.61. The van der Waals surface area contributed by atoms with Gasteiger partial charge in [0.15, 0.2) is 0 Å². The molecule has 5 rings (SSSR count). The molecule has 0 aliphatic carbocycles. The van der Waals surface area contributed by atoms with Crippen molar-refractivity contribution in [3.63, 3.8) is 0 Å². The molecular formula is C21H24N4O4. The van der Waals surface area contributed by atoms with E-state index in [9.17, 15) is 19.2 Å². The van der Waals surface area contributed by atoms with E-state index in [0.29, 0.717) is 30.3 Å². The van der Waals surface area contributed by atoms with Crippen molar-refractivity contribution in [2.75, 3.05) is 6.54 Å². The molecule has 0 aromatic heterocycles. The number of benzene rings is 1. The average Bonchev–Trinajstić information content (AvgIpc) is 3.31. The predicted octanol–water partition coefficient (Wildman–Crippen LogP) is 0.543. The van der Waals surface area contributed by atoms with Gasteiger partial charge in [-0.25, -0.2) is 0 Å². The first-order valence-electron chi connectivity index (χ1n) is 10.2. The second-order valence-electron chi connectivity index (χ2n) is 8.61. The van der Waals surface area contributed by atoms with E-state index in [1.165, 1.54) is 0 Å². The summed E-state index contributed by atoms with van der Waals surface area (Å²) in [4.78, 5) is 52.9. The number of rotatable bonds is 4. The monoisotopic (exact) mass is 396 g/mol. The Balaban J connectivity index is 1.40. The topological polar surface area (TPSA) is 113 Å². The number of piperidine rings is 1. The fourth-order valence-electron chi connectivity index (χ4n) is 5.56. The van der Waals surface area contributed by atoms with Crippen LogP contribution in [0.2, 0.25) is 0 Å². The van der Waals surface area contributed by atoms with E-state index in [4.69, 9.17) is 5.73 Å². The first-order valence-corrected chi connectivity index (χ1v) is 10.2. The van der Waals surface area contributed by atoms with Gasteiger partial charge in [0.25, 0.3) is 11.8 Å². The zero-order valence-electron chi connectivity index (χ0n) is 16.1. The molecule has 2 bridgehead atoms. The smallest absolute Gasteiger partial charge is 0.262 e. The quantitative estimate of drug-likeness (QED) is 0.719. The Labute approximate surface area is 168 Å². The summed E-state index contributed by atoms with van der Waals surface area (Å²) < 4.78 is 0. The third-order valence-corrected chi connectivity index (χ3v) is 7.17. The van der Waals surface area contributed by atoms with E-state index in [1.807, 2.05) is 6.07 Å². The van der Waals surface area contributed by atoms with Crippen LogP contribution in [0.3, 0.4) is 0 Å². The van der Waals surface area contributed by atoms with E-state index < -0.39 is 23.8 Å². The van der Waals surface area contributed by atoms with E-state index in [-0.39, 0.29) is 24.3 Å². The van der Waals surface area contributed by atoms with Gasteiger partial charge in [-0.2, -0.15) is 0 Å². The summed E-state index contributed by atoms with van der Waals surface area (Å²) in [5, 5.41) is 2.22. The Morgan fingerprint density at radius 3 is 2.45 bits per heavy atom. The van der Waals surface area contributed by atoms with Crippen LogP contribution in [0.5, 0.6) is 0 Å². The van der Waals surface area contributed by atoms with Crippen LogP contribution in [0.25, 0.3) is 0 Å². The largest absolute Gasteiger partial charge is 0.329 e. The normalized spacial score (nSPS) is 31.6. The van der Waals surface area contributed by atoms with Crippen molar-refractivity contribution in [2.45, 2.75) is 62.7 Å². The molecule has 3 N–H and O–H groups in total. The predicted molar refractivity (Wildman–Crippen MR) is 103 cm³/mol. The van der Waals surface area contributed by atoms with Gasteiger partial charge in [-0.05, 0) is 49.8 Å². The Kier molecular flexibility index (Phi) is 4.11. The van der Waals surface area contributed by atoms with Crippen molar-refractivity contribution in [2.24, 2.45) is 5.73 Å². The highest BCUT2D eigenvalue weighted by Crippen LogP contribution is 2.46. The molecule has 8 nitrogen and oxygen atoms in total. The van der Waals surface area contributed by atoms with Crippen LogP contribution in [-0.2, 0) is 16.1 Å². The lowest BCUT2D eigenvalue weighted by Crippen LogP contribution is -2.54. The standard InChI is InChI=1S/C21H24N4O4/c22-11-21-7-5-13(6-8-21)24(21)10-12-1-2-14-15(9-12)20(29)25(19(14)28)16-3-4-17(26)23-18(16)27/h1-2,9,13,16H,3-8,10-11,22H2,(H,23,26,27). The third kappa shape index (κ3) is 2.66. The minimum absolute atomic E-state index is 0.0578. The van der Waals surface area contributed by atoms with Crippen molar-refractivity contribution < 1.29 is 19.2 Å². The van der Waals surface area contributed by atoms with Crippen molar-refractivity contribution in [1.82, 2.24) is 15.1 Å². The fourth-order valence-corrected chi connectivity index (χ4v) is 5.56. The molecule has 152 valence electrons. The summed E-state index contributed by atoms with van der Waals surface area (Å²) in [5.41, 5.74) is 7.79. The summed E-state index contributed by atoms with van der Waals surface area (Å²) in [6.45, 7) is 1.34. The average molecular weight is 396 g/mol. The summed E-state index contributed by atoms with van der Waals surface area (Å²) in [6.07, 6.45) is 4.81. The van der Waals surface area contributed by atoms with Gasteiger partial charge in [0, 0.05) is 31.1 Å². The maximum Gasteiger partial charge on any atom is 0.262 e. The van der Waals surface area contributed by atoms with Crippen molar-refractivity contribution >= 4 is 23.6 Å². The molecule has 0 saturated carbocycles. The number of hydrogen-bond donors (Lipinski definition) is 2. The number of fused-ring (bicyclic) bond motifs is 3. The summed E-state index contributed by atoms with van der Waals surface area (Å²) >= 11 is 0. The van der Waals surface area contributed by atoms with Crippen LogP contribution in [-0.4, -0.2) is 57.6 Å². The Morgan fingerprint density at radius 1 is 1.03 bits per heavy atom. The van der Waals surface area contributed by atoms with Gasteiger partial charge in [-0.1, -0.05) is 6.07 Å². The van der Waals surface area contributed by atoms with E-state index in [2.05, 4.69) is 10.2 Å². The second kappa shape index (κ2) is 6.47. The van der Waals surface area contributed by atoms with Crippen LogP contribution in [0.15, 0.2) is 18.2 Å². The third-order valence-electron chi connectivity index (χ3n) is 7.17. The molecule has 1 unspecified atom stereocenters. The van der Waals surface area contributed by atoms with Gasteiger partial charge in [0.05, 0.1) is 11.1 Å². The molecule has 0 spiro atoms. The maximum absolute atomic E-state index is 13.0. The zero-order chi connectivity index (χ0) is 20.3. The Morgan fingerprint density at radius 2 is 1.76 bits per heavy atom. The molecule has 1 aromatic rings. The summed E-state index contributed by atoms with van der Waals surface area (Å²) in [6, 6.07) is 4.95. The fraction of sp³-hybridized carbons (Fsp3) is 0.524. The molecule has 8 heteroatoms. The lowest BCUT2D eigenvalue weighted by atomic mass is 9.88. The van der Waals surface area contributed by atoms with E-state index in [0.717, 1.165) is 36.1 Å². The molecule has 3 saturated heterocycles. The Hall–Kier alpha value is -2.58. The molecule has 0 radical (unpaired) electrons. The van der Waals surface area contributed by atoms with Gasteiger partial charge >= 0.3 is 0 Å². The van der Waals surface area contributed by atoms with Gasteiger partial charge in [0.1, 0.15) is 6.04 Å². The number of amides is 4. The van der Waals surface area contributed by atoms with Crippen molar-refractivity contribution in [1.29, 1.82) is 0 Å². The number of imide groups is 2. The number of carbonyl (C=O) groups is 4. The SMILES string of the molecule is NCC12CCC(CC1)N2Cc1ccc2c(c1)C(=O)N(C1CCC(=O)NC1=O)C2=O. The van der Waals surface area contributed by atoms with Gasteiger partial charge < -0.3 is 5.73 Å². The zero-order valence-corrected chi connectivity index (χ0v) is 16.1. The summed E-state index contributed by atoms with van der Waals surface area (Å²) in [5.74, 6) is -1.89. The van der Waals surface area contributed by atoms with E-state index in [1.54, 1.807) is 12.1 Å². The maximum atomic E-state index is 13.0. The molecule has 4 aliphatic rings. The molecular weight excluding hydrogens is 372 g/mol. The molecule has 1 aromatic carbocycles. The van der Waals surface area contributed by atoms with Crippen LogP contribution in [0.1, 0.15) is 64.8 Å².